The van der Waals surface area contributed by atoms with Gasteiger partial charge in [0.2, 0.25) is 11.8 Å². The molecule has 1 aromatic carbocycles. The molecule has 0 unspecified atom stereocenters. The first-order chi connectivity index (χ1) is 21.4. The maximum absolute atomic E-state index is 13.7. The standard InChI is InChI=1S/C34H52N2O8/c1-4-6-7-8-9-10-11-12-13-15-29(39)36(17-14-19-43-5-2)27-22-26(34(41)35-16-18-37)30-25-20-24(23-38)21-28(42-3)32(25)44-33(30)31(27)40/h20-23,27,30-31,33,37,40H,4-19H2,1-3H3,(H,35,41)/t27-,30+,31+,33+/m1/s1. The third-order valence-corrected chi connectivity index (χ3v) is 8.48. The van der Waals surface area contributed by atoms with Crippen LogP contribution < -0.4 is 14.8 Å². The van der Waals surface area contributed by atoms with Crippen LogP contribution in [0.5, 0.6) is 11.5 Å². The zero-order chi connectivity index (χ0) is 31.9. The van der Waals surface area contributed by atoms with Gasteiger partial charge in [-0.05, 0) is 38.0 Å². The molecular formula is C34H52N2O8. The summed E-state index contributed by atoms with van der Waals surface area (Å²) in [7, 11) is 1.46. The maximum atomic E-state index is 13.7. The van der Waals surface area contributed by atoms with E-state index in [2.05, 4.69) is 12.2 Å². The highest BCUT2D eigenvalue weighted by Crippen LogP contribution is 2.51. The zero-order valence-corrected chi connectivity index (χ0v) is 26.7. The molecule has 1 aromatic rings. The number of carbonyl (C=O) groups is 3. The number of hydrogen-bond donors (Lipinski definition) is 3. The Bertz CT molecular complexity index is 1110. The van der Waals surface area contributed by atoms with E-state index in [0.717, 1.165) is 19.3 Å². The molecule has 2 amide bonds. The molecule has 0 saturated heterocycles. The molecule has 1 aliphatic carbocycles. The summed E-state index contributed by atoms with van der Waals surface area (Å²) in [5, 5.41) is 23.8. The van der Waals surface area contributed by atoms with Gasteiger partial charge >= 0.3 is 0 Å². The van der Waals surface area contributed by atoms with Gasteiger partial charge in [0.05, 0.1) is 25.7 Å². The molecule has 0 fully saturated rings. The Morgan fingerprint density at radius 2 is 1.75 bits per heavy atom. The van der Waals surface area contributed by atoms with Crippen molar-refractivity contribution in [1.82, 2.24) is 10.2 Å². The second kappa shape index (κ2) is 18.8. The van der Waals surface area contributed by atoms with Crippen molar-refractivity contribution in [2.75, 3.05) is 40.0 Å². The minimum Gasteiger partial charge on any atom is -0.493 e. The molecule has 1 aliphatic heterocycles. The molecule has 0 radical (unpaired) electrons. The van der Waals surface area contributed by atoms with Crippen molar-refractivity contribution >= 4 is 18.1 Å². The molecule has 0 bridgehead atoms. The lowest BCUT2D eigenvalue weighted by Gasteiger charge is -2.41. The predicted octanol–water partition coefficient (Wildman–Crippen LogP) is 4.31. The molecule has 10 nitrogen and oxygen atoms in total. The van der Waals surface area contributed by atoms with Crippen LogP contribution in [0.15, 0.2) is 23.8 Å². The molecule has 44 heavy (non-hydrogen) atoms. The third-order valence-electron chi connectivity index (χ3n) is 8.48. The first-order valence-corrected chi connectivity index (χ1v) is 16.4. The Labute approximate surface area is 262 Å². The van der Waals surface area contributed by atoms with Gasteiger partial charge in [-0.2, -0.15) is 0 Å². The minimum atomic E-state index is -1.15. The number of aliphatic hydroxyl groups excluding tert-OH is 2. The molecule has 3 rings (SSSR count). The number of nitrogens with zero attached hydrogens (tertiary/aromatic N) is 1. The summed E-state index contributed by atoms with van der Waals surface area (Å²) in [6, 6.07) is 2.38. The summed E-state index contributed by atoms with van der Waals surface area (Å²) in [6.07, 6.45) is 11.5. The lowest BCUT2D eigenvalue weighted by Crippen LogP contribution is -2.56. The van der Waals surface area contributed by atoms with Crippen LogP contribution in [0.4, 0.5) is 0 Å². The van der Waals surface area contributed by atoms with Gasteiger partial charge in [-0.3, -0.25) is 14.4 Å². The fraction of sp³-hybridized carbons (Fsp3) is 0.676. The highest BCUT2D eigenvalue weighted by molar-refractivity contribution is 5.96. The van der Waals surface area contributed by atoms with E-state index in [0.29, 0.717) is 67.1 Å². The monoisotopic (exact) mass is 616 g/mol. The van der Waals surface area contributed by atoms with Crippen LogP contribution in [0.2, 0.25) is 0 Å². The summed E-state index contributed by atoms with van der Waals surface area (Å²) >= 11 is 0. The van der Waals surface area contributed by atoms with E-state index in [4.69, 9.17) is 14.2 Å². The van der Waals surface area contributed by atoms with Crippen molar-refractivity contribution in [2.45, 2.75) is 109 Å². The average Bonchev–Trinajstić information content (AvgIpc) is 3.43. The SMILES string of the molecule is CCCCCCCCCCCC(=O)N(CCCOCC)[C@@H]1C=C(C(=O)NCCO)[C@@H]2c3cc(C=O)cc(OC)c3O[C@@H]2[C@H]1O. The fourth-order valence-electron chi connectivity index (χ4n) is 6.21. The van der Waals surface area contributed by atoms with E-state index in [-0.39, 0.29) is 19.1 Å². The molecule has 0 spiro atoms. The van der Waals surface area contributed by atoms with E-state index < -0.39 is 30.1 Å². The van der Waals surface area contributed by atoms with Crippen LogP contribution in [0.3, 0.4) is 0 Å². The molecule has 10 heteroatoms. The van der Waals surface area contributed by atoms with Gasteiger partial charge in [0.15, 0.2) is 11.5 Å². The highest BCUT2D eigenvalue weighted by Gasteiger charge is 2.51. The van der Waals surface area contributed by atoms with E-state index in [1.54, 1.807) is 23.1 Å². The zero-order valence-electron chi connectivity index (χ0n) is 26.7. The maximum Gasteiger partial charge on any atom is 0.247 e. The number of rotatable bonds is 21. The van der Waals surface area contributed by atoms with Crippen molar-refractivity contribution in [3.05, 3.63) is 34.9 Å². The van der Waals surface area contributed by atoms with Crippen LogP contribution >= 0.6 is 0 Å². The number of unbranched alkanes of at least 4 members (excludes halogenated alkanes) is 8. The van der Waals surface area contributed by atoms with Gasteiger partial charge in [0.1, 0.15) is 18.5 Å². The van der Waals surface area contributed by atoms with Gasteiger partial charge in [0, 0.05) is 49.4 Å². The Balaban J connectivity index is 1.84. The first-order valence-electron chi connectivity index (χ1n) is 16.4. The molecule has 0 saturated carbocycles. The normalized spacial score (nSPS) is 20.2. The van der Waals surface area contributed by atoms with Crippen molar-refractivity contribution in [1.29, 1.82) is 0 Å². The van der Waals surface area contributed by atoms with Gasteiger partial charge in [-0.15, -0.1) is 0 Å². The number of amides is 2. The summed E-state index contributed by atoms with van der Waals surface area (Å²) in [6.45, 7) is 5.31. The molecular weight excluding hydrogens is 564 g/mol. The molecule has 3 N–H and O–H groups in total. The summed E-state index contributed by atoms with van der Waals surface area (Å²) in [5.74, 6) is -0.528. The third kappa shape index (κ3) is 9.28. The van der Waals surface area contributed by atoms with Gasteiger partial charge in [-0.1, -0.05) is 58.3 Å². The largest absolute Gasteiger partial charge is 0.493 e. The van der Waals surface area contributed by atoms with Crippen LogP contribution in [-0.4, -0.2) is 91.5 Å². The topological polar surface area (TPSA) is 135 Å². The number of benzene rings is 1. The van der Waals surface area contributed by atoms with Crippen molar-refractivity contribution in [3.63, 3.8) is 0 Å². The predicted molar refractivity (Wildman–Crippen MR) is 168 cm³/mol. The Kier molecular flexibility index (Phi) is 15.2. The molecule has 2 aliphatic rings. The van der Waals surface area contributed by atoms with Crippen molar-refractivity contribution in [2.24, 2.45) is 0 Å². The second-order valence-corrected chi connectivity index (χ2v) is 11.6. The lowest BCUT2D eigenvalue weighted by atomic mass is 9.77. The highest BCUT2D eigenvalue weighted by atomic mass is 16.5. The van der Waals surface area contributed by atoms with E-state index in [1.165, 1.54) is 45.6 Å². The Morgan fingerprint density at radius 3 is 2.39 bits per heavy atom. The van der Waals surface area contributed by atoms with Crippen LogP contribution in [-0.2, 0) is 14.3 Å². The van der Waals surface area contributed by atoms with Crippen LogP contribution in [0.25, 0.3) is 0 Å². The number of aldehydes is 1. The van der Waals surface area contributed by atoms with E-state index in [1.807, 2.05) is 6.92 Å². The molecule has 0 aromatic heterocycles. The quantitative estimate of drug-likeness (QED) is 0.137. The average molecular weight is 617 g/mol. The molecule has 4 atom stereocenters. The molecule has 1 heterocycles. The van der Waals surface area contributed by atoms with Gasteiger partial charge in [-0.25, -0.2) is 0 Å². The number of carbonyl (C=O) groups excluding carboxylic acids is 3. The van der Waals surface area contributed by atoms with Crippen LogP contribution in [0.1, 0.15) is 106 Å². The first kappa shape index (κ1) is 35.5. The van der Waals surface area contributed by atoms with Crippen molar-refractivity contribution in [3.8, 4) is 11.5 Å². The number of ether oxygens (including phenoxy) is 3. The number of hydrogen-bond acceptors (Lipinski definition) is 8. The second-order valence-electron chi connectivity index (χ2n) is 11.6. The summed E-state index contributed by atoms with van der Waals surface area (Å²) in [5.41, 5.74) is 1.22. The summed E-state index contributed by atoms with van der Waals surface area (Å²) in [4.78, 5) is 40.5. The fourth-order valence-corrected chi connectivity index (χ4v) is 6.21. The number of fused-ring (bicyclic) bond motifs is 3. The lowest BCUT2D eigenvalue weighted by molar-refractivity contribution is -0.137. The van der Waals surface area contributed by atoms with Gasteiger partial charge in [0.25, 0.3) is 0 Å². The van der Waals surface area contributed by atoms with E-state index >= 15 is 0 Å². The minimum absolute atomic E-state index is 0.0435. The number of methoxy groups -OCH3 is 1. The van der Waals surface area contributed by atoms with Gasteiger partial charge < -0.3 is 34.6 Å². The Morgan fingerprint density at radius 1 is 1.05 bits per heavy atom. The number of aliphatic hydroxyl groups is 2. The summed E-state index contributed by atoms with van der Waals surface area (Å²) < 4.78 is 17.3. The van der Waals surface area contributed by atoms with E-state index in [9.17, 15) is 24.6 Å². The van der Waals surface area contributed by atoms with Crippen molar-refractivity contribution < 1.29 is 38.8 Å². The smallest absolute Gasteiger partial charge is 0.247 e. The Hall–Kier alpha value is -2.95. The molecule has 246 valence electrons. The van der Waals surface area contributed by atoms with Crippen LogP contribution in [0, 0.1) is 0 Å². The number of nitrogens with one attached hydrogen (secondary N) is 1.